The Morgan fingerprint density at radius 3 is 2.17 bits per heavy atom. The number of phenolic OH excluding ortho intramolecular Hbond substituents is 1. The van der Waals surface area contributed by atoms with E-state index in [0.717, 1.165) is 0 Å². The second kappa shape index (κ2) is 13.4. The molecule has 1 aromatic heterocycles. The van der Waals surface area contributed by atoms with Gasteiger partial charge in [-0.15, -0.1) is 0 Å². The summed E-state index contributed by atoms with van der Waals surface area (Å²) in [5.41, 5.74) is 7.16. The fraction of sp³-hybridized carbons (Fsp3) is 0.364. The van der Waals surface area contributed by atoms with Crippen molar-refractivity contribution >= 4 is 29.7 Å². The first-order valence-corrected chi connectivity index (χ1v) is 10.9. The molecule has 3 unspecified atom stereocenters. The maximum Gasteiger partial charge on any atom is 0.322 e. The van der Waals surface area contributed by atoms with Crippen LogP contribution >= 0.6 is 0 Å². The maximum absolute atomic E-state index is 13.0. The van der Waals surface area contributed by atoms with E-state index in [1.165, 1.54) is 24.7 Å². The lowest BCUT2D eigenvalue weighted by Gasteiger charge is -2.23. The minimum atomic E-state index is -1.36. The first kappa shape index (κ1) is 27.8. The van der Waals surface area contributed by atoms with Crippen LogP contribution in [0.1, 0.15) is 24.1 Å². The molecule has 0 spiro atoms. The van der Waals surface area contributed by atoms with Crippen molar-refractivity contribution in [2.24, 2.45) is 5.73 Å². The number of phenols is 1. The number of carboxylic acid groups (broad SMARTS) is 2. The Morgan fingerprint density at radius 1 is 0.917 bits per heavy atom. The van der Waals surface area contributed by atoms with Crippen molar-refractivity contribution in [1.82, 2.24) is 25.9 Å². The molecule has 14 nitrogen and oxygen atoms in total. The molecule has 194 valence electrons. The number of nitrogens with one attached hydrogen (secondary N) is 4. The van der Waals surface area contributed by atoms with E-state index in [2.05, 4.69) is 25.9 Å². The van der Waals surface area contributed by atoms with Crippen LogP contribution in [0.2, 0.25) is 0 Å². The molecule has 3 atom stereocenters. The van der Waals surface area contributed by atoms with Crippen LogP contribution in [-0.2, 0) is 36.8 Å². The number of carbonyl (C=O) groups excluding carboxylic acids is 3. The molecule has 2 rings (SSSR count). The Morgan fingerprint density at radius 2 is 1.58 bits per heavy atom. The average Bonchev–Trinajstić information content (AvgIpc) is 3.34. The second-order valence-electron chi connectivity index (χ2n) is 7.92. The number of rotatable bonds is 14. The van der Waals surface area contributed by atoms with E-state index in [1.54, 1.807) is 12.1 Å². The van der Waals surface area contributed by atoms with Gasteiger partial charge in [0.25, 0.3) is 0 Å². The molecule has 0 aliphatic carbocycles. The summed E-state index contributed by atoms with van der Waals surface area (Å²) >= 11 is 0. The molecule has 1 heterocycles. The molecule has 0 aliphatic rings. The molecular weight excluding hydrogens is 476 g/mol. The van der Waals surface area contributed by atoms with E-state index >= 15 is 0 Å². The van der Waals surface area contributed by atoms with Crippen LogP contribution < -0.4 is 21.7 Å². The topological polar surface area (TPSA) is 237 Å². The van der Waals surface area contributed by atoms with Gasteiger partial charge >= 0.3 is 11.9 Å². The highest BCUT2D eigenvalue weighted by molar-refractivity contribution is 5.94. The number of hydrogen-bond donors (Lipinski definition) is 8. The number of imidazole rings is 1. The molecule has 36 heavy (non-hydrogen) atoms. The Hall–Kier alpha value is -4.46. The third kappa shape index (κ3) is 9.42. The Balaban J connectivity index is 2.13. The lowest BCUT2D eigenvalue weighted by Crippen LogP contribution is -2.57. The lowest BCUT2D eigenvalue weighted by atomic mass is 10.0. The first-order chi connectivity index (χ1) is 17.0. The molecule has 0 saturated carbocycles. The summed E-state index contributed by atoms with van der Waals surface area (Å²) in [4.78, 5) is 66.6. The van der Waals surface area contributed by atoms with E-state index in [1.807, 2.05) is 0 Å². The molecule has 14 heteroatoms. The number of aromatic nitrogens is 2. The van der Waals surface area contributed by atoms with Crippen molar-refractivity contribution in [3.8, 4) is 5.75 Å². The van der Waals surface area contributed by atoms with Crippen LogP contribution in [-0.4, -0.2) is 79.6 Å². The molecule has 0 aliphatic heterocycles. The van der Waals surface area contributed by atoms with Crippen molar-refractivity contribution in [3.05, 3.63) is 48.0 Å². The van der Waals surface area contributed by atoms with Gasteiger partial charge in [-0.25, -0.2) is 4.98 Å². The van der Waals surface area contributed by atoms with E-state index in [0.29, 0.717) is 11.3 Å². The number of amides is 3. The fourth-order valence-corrected chi connectivity index (χ4v) is 3.18. The molecule has 9 N–H and O–H groups in total. The van der Waals surface area contributed by atoms with E-state index in [9.17, 15) is 29.1 Å². The number of aromatic hydroxyl groups is 1. The highest BCUT2D eigenvalue weighted by Crippen LogP contribution is 2.11. The average molecular weight is 505 g/mol. The van der Waals surface area contributed by atoms with Gasteiger partial charge in [-0.2, -0.15) is 0 Å². The number of hydrogen-bond acceptors (Lipinski definition) is 8. The third-order valence-corrected chi connectivity index (χ3v) is 5.03. The van der Waals surface area contributed by atoms with Crippen LogP contribution in [0.5, 0.6) is 5.75 Å². The number of carboxylic acids is 2. The zero-order valence-corrected chi connectivity index (χ0v) is 19.1. The number of carbonyl (C=O) groups is 5. The fourth-order valence-electron chi connectivity index (χ4n) is 3.18. The molecule has 1 aromatic carbocycles. The smallest absolute Gasteiger partial charge is 0.322 e. The Labute approximate surface area is 205 Å². The summed E-state index contributed by atoms with van der Waals surface area (Å²) in [6.07, 6.45) is 2.09. The number of nitrogens with zero attached hydrogens (tertiary/aromatic N) is 1. The van der Waals surface area contributed by atoms with Gasteiger partial charge in [0.1, 0.15) is 24.4 Å². The zero-order valence-electron chi connectivity index (χ0n) is 19.1. The van der Waals surface area contributed by atoms with Crippen molar-refractivity contribution in [1.29, 1.82) is 0 Å². The van der Waals surface area contributed by atoms with Crippen LogP contribution in [0.3, 0.4) is 0 Å². The first-order valence-electron chi connectivity index (χ1n) is 10.9. The number of H-pyrrole nitrogens is 1. The van der Waals surface area contributed by atoms with Gasteiger partial charge in [-0.05, 0) is 30.5 Å². The predicted molar refractivity (Wildman–Crippen MR) is 123 cm³/mol. The van der Waals surface area contributed by atoms with E-state index < -0.39 is 60.8 Å². The Kier molecular flexibility index (Phi) is 10.4. The van der Waals surface area contributed by atoms with Crippen LogP contribution in [0.4, 0.5) is 0 Å². The lowest BCUT2D eigenvalue weighted by molar-refractivity contribution is -0.140. The summed E-state index contributed by atoms with van der Waals surface area (Å²) in [7, 11) is 0. The van der Waals surface area contributed by atoms with Crippen LogP contribution in [0.15, 0.2) is 36.8 Å². The van der Waals surface area contributed by atoms with Crippen LogP contribution in [0.25, 0.3) is 0 Å². The van der Waals surface area contributed by atoms with Crippen molar-refractivity contribution in [2.75, 3.05) is 6.54 Å². The highest BCUT2D eigenvalue weighted by atomic mass is 16.4. The summed E-state index contributed by atoms with van der Waals surface area (Å²) in [6, 6.07) is 2.46. The molecular formula is C22H28N6O8. The van der Waals surface area contributed by atoms with Gasteiger partial charge in [0.15, 0.2) is 0 Å². The predicted octanol–water partition coefficient (Wildman–Crippen LogP) is -1.74. The molecule has 0 bridgehead atoms. The van der Waals surface area contributed by atoms with Gasteiger partial charge in [-0.1, -0.05) is 12.1 Å². The summed E-state index contributed by atoms with van der Waals surface area (Å²) in [6.45, 7) is -0.724. The SMILES string of the molecule is NC(Cc1ccc(O)cc1)C(=O)NC(Cc1cnc[nH]1)C(=O)NC(CCC(=O)O)C(=O)NCC(=O)O. The van der Waals surface area contributed by atoms with Crippen LogP contribution in [0, 0.1) is 0 Å². The van der Waals surface area contributed by atoms with Crippen molar-refractivity contribution < 1.29 is 39.3 Å². The summed E-state index contributed by atoms with van der Waals surface area (Å²) in [5.74, 6) is -4.85. The summed E-state index contributed by atoms with van der Waals surface area (Å²) < 4.78 is 0. The number of nitrogens with two attached hydrogens (primary N) is 1. The van der Waals surface area contributed by atoms with Gasteiger partial charge in [-0.3, -0.25) is 24.0 Å². The minimum absolute atomic E-state index is 0.0497. The van der Waals surface area contributed by atoms with Gasteiger partial charge < -0.3 is 42.0 Å². The minimum Gasteiger partial charge on any atom is -0.508 e. The monoisotopic (exact) mass is 504 g/mol. The highest BCUT2D eigenvalue weighted by Gasteiger charge is 2.29. The van der Waals surface area contributed by atoms with Gasteiger partial charge in [0.05, 0.1) is 12.4 Å². The van der Waals surface area contributed by atoms with Gasteiger partial charge in [0, 0.05) is 24.7 Å². The molecule has 0 fully saturated rings. The van der Waals surface area contributed by atoms with E-state index in [4.69, 9.17) is 15.9 Å². The quantitative estimate of drug-likeness (QED) is 0.144. The zero-order chi connectivity index (χ0) is 26.7. The normalized spacial score (nSPS) is 13.1. The number of aliphatic carboxylic acids is 2. The standard InChI is InChI=1S/C22H28N6O8/c23-15(7-12-1-3-14(29)4-2-12)20(34)28-17(8-13-9-24-11-26-13)22(36)27-16(5-6-18(30)31)21(35)25-10-19(32)33/h1-4,9,11,15-17,29H,5-8,10,23H2,(H,24,26)(H,25,35)(H,27,36)(H,28,34)(H,30,31)(H,32,33). The number of aromatic amines is 1. The van der Waals surface area contributed by atoms with Crippen molar-refractivity contribution in [2.45, 2.75) is 43.8 Å². The number of benzene rings is 1. The maximum atomic E-state index is 13.0. The van der Waals surface area contributed by atoms with Gasteiger partial charge in [0.2, 0.25) is 17.7 Å². The molecule has 2 aromatic rings. The van der Waals surface area contributed by atoms with Crippen molar-refractivity contribution in [3.63, 3.8) is 0 Å². The Bertz CT molecular complexity index is 1060. The third-order valence-electron chi connectivity index (χ3n) is 5.03. The largest absolute Gasteiger partial charge is 0.508 e. The molecule has 3 amide bonds. The van der Waals surface area contributed by atoms with E-state index in [-0.39, 0.29) is 25.0 Å². The second-order valence-corrected chi connectivity index (χ2v) is 7.92. The molecule has 0 radical (unpaired) electrons. The molecule has 0 saturated heterocycles. The summed E-state index contributed by atoms with van der Waals surface area (Å²) in [5, 5.41) is 34.1.